The fraction of sp³-hybridized carbons (Fsp3) is 0.368. The fourth-order valence-corrected chi connectivity index (χ4v) is 3.81. The van der Waals surface area contributed by atoms with E-state index in [1.807, 2.05) is 0 Å². The molecule has 1 aliphatic heterocycles. The van der Waals surface area contributed by atoms with Crippen molar-refractivity contribution in [2.75, 3.05) is 30.4 Å². The van der Waals surface area contributed by atoms with Gasteiger partial charge in [-0.05, 0) is 25.0 Å². The van der Waals surface area contributed by atoms with Crippen molar-refractivity contribution >= 4 is 33.4 Å². The van der Waals surface area contributed by atoms with Crippen molar-refractivity contribution in [2.45, 2.75) is 25.8 Å². The van der Waals surface area contributed by atoms with Crippen molar-refractivity contribution in [1.29, 1.82) is 0 Å². The summed E-state index contributed by atoms with van der Waals surface area (Å²) in [5.74, 6) is 0.675. The summed E-state index contributed by atoms with van der Waals surface area (Å²) in [7, 11) is 1.74. The number of ether oxygens (including phenoxy) is 1. The van der Waals surface area contributed by atoms with Gasteiger partial charge in [-0.2, -0.15) is 9.97 Å². The molecule has 1 aromatic carbocycles. The number of hydrogen-bond donors (Lipinski definition) is 3. The van der Waals surface area contributed by atoms with Crippen LogP contribution < -0.4 is 20.7 Å². The highest BCUT2D eigenvalue weighted by Gasteiger charge is 2.24. The lowest BCUT2D eigenvalue weighted by Crippen LogP contribution is -2.40. The number of anilines is 2. The van der Waals surface area contributed by atoms with E-state index < -0.39 is 0 Å². The Morgan fingerprint density at radius 3 is 2.77 bits per heavy atom. The molecule has 1 saturated heterocycles. The molecule has 0 amide bonds. The van der Waals surface area contributed by atoms with Gasteiger partial charge < -0.3 is 30.1 Å². The lowest BCUT2D eigenvalue weighted by Gasteiger charge is -2.31. The second-order valence-corrected chi connectivity index (χ2v) is 7.32. The number of H-pyrrole nitrogens is 1. The molecule has 0 saturated carbocycles. The van der Waals surface area contributed by atoms with Crippen molar-refractivity contribution in [3.8, 4) is 12.1 Å². The first kappa shape index (κ1) is 18.6. The maximum Gasteiger partial charge on any atom is 0.422 e. The number of piperidine rings is 1. The monoisotopic (exact) mass is 412 g/mol. The van der Waals surface area contributed by atoms with Crippen molar-refractivity contribution in [2.24, 2.45) is 5.73 Å². The van der Waals surface area contributed by atoms with Crippen LogP contribution in [0.3, 0.4) is 0 Å². The topological polar surface area (TPSA) is 131 Å². The van der Waals surface area contributed by atoms with E-state index in [4.69, 9.17) is 14.9 Å². The second-order valence-electron chi connectivity index (χ2n) is 7.32. The molecule has 156 valence electrons. The van der Waals surface area contributed by atoms with E-state index in [9.17, 15) is 4.39 Å². The number of fused-ring (bicyclic) bond motifs is 3. The molecule has 4 N–H and O–H groups in total. The van der Waals surface area contributed by atoms with E-state index in [2.05, 4.69) is 35.4 Å². The molecule has 5 rings (SSSR count). The molecular formula is C19H21FN8O2. The highest BCUT2D eigenvalue weighted by Crippen LogP contribution is 2.37. The van der Waals surface area contributed by atoms with Crippen LogP contribution in [0.1, 0.15) is 18.7 Å². The number of halogens is 1. The average Bonchev–Trinajstić information content (AvgIpc) is 3.30. The number of aryl methyl sites for hydroxylation is 1. The SMILES string of the molecule is CNc1cc(F)cc2c1[nH]c1nc(Oc3nnc(C)o3)nc(N3CCC(N)CC3)c12. The predicted octanol–water partition coefficient (Wildman–Crippen LogP) is 2.70. The second kappa shape index (κ2) is 7.10. The number of nitrogens with one attached hydrogen (secondary N) is 2. The Morgan fingerprint density at radius 1 is 1.27 bits per heavy atom. The van der Waals surface area contributed by atoms with Crippen molar-refractivity contribution < 1.29 is 13.5 Å². The summed E-state index contributed by atoms with van der Waals surface area (Å²) in [5.41, 5.74) is 7.97. The molecule has 3 aromatic heterocycles. The molecule has 4 aromatic rings. The Kier molecular flexibility index (Phi) is 4.39. The quantitative estimate of drug-likeness (QED) is 0.463. The molecule has 1 aliphatic rings. The van der Waals surface area contributed by atoms with E-state index in [0.717, 1.165) is 36.8 Å². The third kappa shape index (κ3) is 3.16. The molecule has 0 unspecified atom stereocenters. The van der Waals surface area contributed by atoms with Crippen LogP contribution in [0.4, 0.5) is 15.9 Å². The maximum atomic E-state index is 14.3. The molecule has 0 bridgehead atoms. The summed E-state index contributed by atoms with van der Waals surface area (Å²) < 4.78 is 25.2. The Balaban J connectivity index is 1.71. The molecular weight excluding hydrogens is 391 g/mol. The van der Waals surface area contributed by atoms with Crippen molar-refractivity contribution in [1.82, 2.24) is 25.1 Å². The van der Waals surface area contributed by atoms with Gasteiger partial charge in [0.2, 0.25) is 5.89 Å². The van der Waals surface area contributed by atoms with Gasteiger partial charge in [-0.25, -0.2) is 4.39 Å². The molecule has 4 heterocycles. The van der Waals surface area contributed by atoms with Crippen LogP contribution in [0.15, 0.2) is 16.5 Å². The first-order valence-corrected chi connectivity index (χ1v) is 9.71. The third-order valence-electron chi connectivity index (χ3n) is 5.28. The van der Waals surface area contributed by atoms with E-state index in [-0.39, 0.29) is 23.9 Å². The molecule has 30 heavy (non-hydrogen) atoms. The fourth-order valence-electron chi connectivity index (χ4n) is 3.81. The summed E-state index contributed by atoms with van der Waals surface area (Å²) in [5, 5.41) is 12.0. The lowest BCUT2D eigenvalue weighted by molar-refractivity contribution is 0.306. The Morgan fingerprint density at radius 2 is 2.07 bits per heavy atom. The zero-order valence-electron chi connectivity index (χ0n) is 16.6. The zero-order valence-corrected chi connectivity index (χ0v) is 16.6. The minimum atomic E-state index is -0.346. The third-order valence-corrected chi connectivity index (χ3v) is 5.28. The largest absolute Gasteiger partial charge is 0.422 e. The Labute approximate surface area is 170 Å². The predicted molar refractivity (Wildman–Crippen MR) is 109 cm³/mol. The first-order valence-electron chi connectivity index (χ1n) is 9.71. The van der Waals surface area contributed by atoms with Crippen LogP contribution in [0, 0.1) is 12.7 Å². The van der Waals surface area contributed by atoms with Crippen molar-refractivity contribution in [3.63, 3.8) is 0 Å². The molecule has 0 radical (unpaired) electrons. The van der Waals surface area contributed by atoms with Crippen LogP contribution in [0.2, 0.25) is 0 Å². The molecule has 0 spiro atoms. The normalized spacial score (nSPS) is 15.3. The Hall–Kier alpha value is -3.47. The lowest BCUT2D eigenvalue weighted by atomic mass is 10.1. The van der Waals surface area contributed by atoms with Gasteiger partial charge in [0.05, 0.1) is 16.6 Å². The van der Waals surface area contributed by atoms with Crippen LogP contribution in [0.25, 0.3) is 21.9 Å². The van der Waals surface area contributed by atoms with Gasteiger partial charge >= 0.3 is 12.1 Å². The average molecular weight is 412 g/mol. The van der Waals surface area contributed by atoms with Crippen LogP contribution in [-0.2, 0) is 0 Å². The van der Waals surface area contributed by atoms with E-state index >= 15 is 0 Å². The smallest absolute Gasteiger partial charge is 0.393 e. The minimum absolute atomic E-state index is 0.0449. The summed E-state index contributed by atoms with van der Waals surface area (Å²) in [6, 6.07) is 3.14. The van der Waals surface area contributed by atoms with Gasteiger partial charge in [0.15, 0.2) is 0 Å². The van der Waals surface area contributed by atoms with Gasteiger partial charge in [-0.3, -0.25) is 0 Å². The van der Waals surface area contributed by atoms with Crippen LogP contribution in [-0.4, -0.2) is 51.3 Å². The van der Waals surface area contributed by atoms with Gasteiger partial charge in [0.1, 0.15) is 17.3 Å². The molecule has 11 heteroatoms. The summed E-state index contributed by atoms with van der Waals surface area (Å²) >= 11 is 0. The summed E-state index contributed by atoms with van der Waals surface area (Å²) in [6.45, 7) is 3.12. The number of benzene rings is 1. The van der Waals surface area contributed by atoms with Gasteiger partial charge in [0.25, 0.3) is 0 Å². The summed E-state index contributed by atoms with van der Waals surface area (Å²) in [6.07, 6.45) is 1.63. The highest BCUT2D eigenvalue weighted by atomic mass is 19.1. The number of aromatic nitrogens is 5. The van der Waals surface area contributed by atoms with Crippen molar-refractivity contribution in [3.05, 3.63) is 23.8 Å². The molecule has 1 fully saturated rings. The number of nitrogens with zero attached hydrogens (tertiary/aromatic N) is 5. The maximum absolute atomic E-state index is 14.3. The zero-order chi connectivity index (χ0) is 20.8. The number of aromatic amines is 1. The van der Waals surface area contributed by atoms with E-state index in [1.54, 1.807) is 14.0 Å². The minimum Gasteiger partial charge on any atom is -0.393 e. The highest BCUT2D eigenvalue weighted by molar-refractivity contribution is 6.14. The number of rotatable bonds is 4. The first-order chi connectivity index (χ1) is 14.5. The van der Waals surface area contributed by atoms with E-state index in [1.165, 1.54) is 12.1 Å². The van der Waals surface area contributed by atoms with Gasteiger partial charge in [0, 0.05) is 38.5 Å². The standard InChI is InChI=1S/C19H21FN8O2/c1-9-26-27-19(29-9)30-18-24-16-14(17(25-18)28-5-3-11(21)4-6-28)12-7-10(20)8-13(22-2)15(12)23-16/h7-8,11,22H,3-6,21H2,1-2H3,(H,23,24,25). The molecule has 0 aliphatic carbocycles. The number of hydrogen-bond acceptors (Lipinski definition) is 9. The van der Waals surface area contributed by atoms with Gasteiger partial charge in [-0.1, -0.05) is 5.10 Å². The van der Waals surface area contributed by atoms with Gasteiger partial charge in [-0.15, -0.1) is 5.10 Å². The Bertz CT molecular complexity index is 1230. The van der Waals surface area contributed by atoms with Crippen LogP contribution >= 0.6 is 0 Å². The van der Waals surface area contributed by atoms with Crippen LogP contribution in [0.5, 0.6) is 12.1 Å². The number of nitrogens with two attached hydrogens (primary N) is 1. The molecule has 10 nitrogen and oxygen atoms in total. The molecule has 0 atom stereocenters. The van der Waals surface area contributed by atoms with E-state index in [0.29, 0.717) is 28.4 Å². The summed E-state index contributed by atoms with van der Waals surface area (Å²) in [4.78, 5) is 14.5.